The number of piperazine rings is 1. The monoisotopic (exact) mass is 278 g/mol. The topological polar surface area (TPSA) is 53.0 Å². The molecule has 0 atom stereocenters. The first-order valence-electron chi connectivity index (χ1n) is 6.93. The van der Waals surface area contributed by atoms with E-state index in [1.54, 1.807) is 13.2 Å². The summed E-state index contributed by atoms with van der Waals surface area (Å²) in [6, 6.07) is 5.56. The average Bonchev–Trinajstić information content (AvgIpc) is 2.48. The maximum atomic E-state index is 12.4. The molecule has 1 fully saturated rings. The van der Waals surface area contributed by atoms with Crippen LogP contribution < -0.4 is 4.74 Å². The number of aliphatic hydroxyl groups is 1. The molecule has 1 amide bonds. The van der Waals surface area contributed by atoms with Crippen molar-refractivity contribution in [3.05, 3.63) is 29.3 Å². The van der Waals surface area contributed by atoms with Gasteiger partial charge in [0.15, 0.2) is 0 Å². The predicted octanol–water partition coefficient (Wildman–Crippen LogP) is 0.754. The minimum atomic E-state index is 0.0481. The van der Waals surface area contributed by atoms with Gasteiger partial charge in [0.2, 0.25) is 0 Å². The summed E-state index contributed by atoms with van der Waals surface area (Å²) in [6.07, 6.45) is 0. The normalized spacial score (nSPS) is 16.2. The summed E-state index contributed by atoms with van der Waals surface area (Å²) in [5.41, 5.74) is 1.69. The minimum Gasteiger partial charge on any atom is -0.496 e. The lowest BCUT2D eigenvalue weighted by molar-refractivity contribution is 0.0614. The Balaban J connectivity index is 2.02. The summed E-state index contributed by atoms with van der Waals surface area (Å²) < 4.78 is 5.27. The van der Waals surface area contributed by atoms with Gasteiger partial charge in [0.05, 0.1) is 13.7 Å². The highest BCUT2D eigenvalue weighted by Gasteiger charge is 2.22. The highest BCUT2D eigenvalue weighted by atomic mass is 16.5. The molecule has 1 aliphatic rings. The maximum Gasteiger partial charge on any atom is 0.254 e. The van der Waals surface area contributed by atoms with Crippen molar-refractivity contribution in [3.63, 3.8) is 0 Å². The number of carbonyl (C=O) groups is 1. The van der Waals surface area contributed by atoms with E-state index in [-0.39, 0.29) is 12.5 Å². The van der Waals surface area contributed by atoms with Crippen LogP contribution in [0.5, 0.6) is 5.75 Å². The zero-order valence-electron chi connectivity index (χ0n) is 12.1. The molecule has 110 valence electrons. The summed E-state index contributed by atoms with van der Waals surface area (Å²) in [5.74, 6) is 0.793. The molecule has 0 bridgehead atoms. The fourth-order valence-corrected chi connectivity index (χ4v) is 2.45. The summed E-state index contributed by atoms with van der Waals surface area (Å²) in [5, 5.41) is 8.92. The van der Waals surface area contributed by atoms with E-state index < -0.39 is 0 Å². The number of nitrogens with zero attached hydrogens (tertiary/aromatic N) is 2. The van der Waals surface area contributed by atoms with Crippen molar-refractivity contribution in [2.75, 3.05) is 46.4 Å². The zero-order valence-corrected chi connectivity index (χ0v) is 12.1. The Labute approximate surface area is 119 Å². The number of benzene rings is 1. The number of ether oxygens (including phenoxy) is 1. The average molecular weight is 278 g/mol. The number of methoxy groups -OCH3 is 1. The van der Waals surface area contributed by atoms with Crippen molar-refractivity contribution in [1.29, 1.82) is 0 Å². The third-order valence-corrected chi connectivity index (χ3v) is 3.73. The molecule has 1 aromatic rings. The third kappa shape index (κ3) is 3.29. The lowest BCUT2D eigenvalue weighted by Crippen LogP contribution is -2.49. The fraction of sp³-hybridized carbons (Fsp3) is 0.533. The molecule has 20 heavy (non-hydrogen) atoms. The number of aliphatic hydroxyl groups excluding tert-OH is 1. The van der Waals surface area contributed by atoms with E-state index in [0.29, 0.717) is 25.2 Å². The molecule has 5 nitrogen and oxygen atoms in total. The van der Waals surface area contributed by atoms with Crippen LogP contribution in [0.25, 0.3) is 0 Å². The molecule has 5 heteroatoms. The van der Waals surface area contributed by atoms with Gasteiger partial charge in [0.25, 0.3) is 5.91 Å². The molecule has 1 saturated heterocycles. The second-order valence-corrected chi connectivity index (χ2v) is 5.04. The minimum absolute atomic E-state index is 0.0481. The standard InChI is InChI=1S/C15H22N2O3/c1-12-3-4-13(11-14(12)20-2)15(19)17-7-5-16(6-8-17)9-10-18/h3-4,11,18H,5-10H2,1-2H3. The van der Waals surface area contributed by atoms with Gasteiger partial charge in [-0.05, 0) is 24.6 Å². The Hall–Kier alpha value is -1.59. The summed E-state index contributed by atoms with van der Waals surface area (Å²) >= 11 is 0. The molecule has 0 radical (unpaired) electrons. The highest BCUT2D eigenvalue weighted by molar-refractivity contribution is 5.94. The van der Waals surface area contributed by atoms with E-state index in [0.717, 1.165) is 24.4 Å². The van der Waals surface area contributed by atoms with Gasteiger partial charge in [-0.15, -0.1) is 0 Å². The molecule has 1 aromatic carbocycles. The van der Waals surface area contributed by atoms with Crippen LogP contribution in [-0.4, -0.2) is 67.3 Å². The molecule has 0 saturated carbocycles. The van der Waals surface area contributed by atoms with Gasteiger partial charge in [0.1, 0.15) is 5.75 Å². The summed E-state index contributed by atoms with van der Waals surface area (Å²) in [6.45, 7) is 5.85. The van der Waals surface area contributed by atoms with Gasteiger partial charge in [0, 0.05) is 38.3 Å². The lowest BCUT2D eigenvalue weighted by Gasteiger charge is -2.34. The van der Waals surface area contributed by atoms with Gasteiger partial charge >= 0.3 is 0 Å². The van der Waals surface area contributed by atoms with Crippen molar-refractivity contribution in [2.45, 2.75) is 6.92 Å². The first kappa shape index (κ1) is 14.8. The van der Waals surface area contributed by atoms with Crippen molar-refractivity contribution >= 4 is 5.91 Å². The van der Waals surface area contributed by atoms with Crippen LogP contribution in [0.15, 0.2) is 18.2 Å². The van der Waals surface area contributed by atoms with E-state index in [1.807, 2.05) is 24.0 Å². The SMILES string of the molecule is COc1cc(C(=O)N2CCN(CCO)CC2)ccc1C. The van der Waals surface area contributed by atoms with E-state index >= 15 is 0 Å². The smallest absolute Gasteiger partial charge is 0.254 e. The number of β-amino-alcohol motifs (C(OH)–C–C–N with tert-alkyl or cyclic N) is 1. The second-order valence-electron chi connectivity index (χ2n) is 5.04. The number of carbonyl (C=O) groups excluding carboxylic acids is 1. The Morgan fingerprint density at radius 3 is 2.60 bits per heavy atom. The molecular formula is C15H22N2O3. The first-order chi connectivity index (χ1) is 9.65. The predicted molar refractivity (Wildman–Crippen MR) is 77.2 cm³/mol. The van der Waals surface area contributed by atoms with Crippen LogP contribution in [-0.2, 0) is 0 Å². The molecule has 1 heterocycles. The van der Waals surface area contributed by atoms with Crippen LogP contribution in [0.1, 0.15) is 15.9 Å². The second kappa shape index (κ2) is 6.72. The third-order valence-electron chi connectivity index (χ3n) is 3.73. The van der Waals surface area contributed by atoms with Crippen LogP contribution >= 0.6 is 0 Å². The first-order valence-corrected chi connectivity index (χ1v) is 6.93. The Bertz CT molecular complexity index is 468. The van der Waals surface area contributed by atoms with Gasteiger partial charge in [-0.25, -0.2) is 0 Å². The van der Waals surface area contributed by atoms with Crippen LogP contribution in [0, 0.1) is 6.92 Å². The number of rotatable bonds is 4. The van der Waals surface area contributed by atoms with Crippen LogP contribution in [0.4, 0.5) is 0 Å². The van der Waals surface area contributed by atoms with Crippen LogP contribution in [0.2, 0.25) is 0 Å². The van der Waals surface area contributed by atoms with E-state index in [4.69, 9.17) is 9.84 Å². The Kier molecular flexibility index (Phi) is 4.98. The molecule has 2 rings (SSSR count). The molecule has 1 N–H and O–H groups in total. The van der Waals surface area contributed by atoms with E-state index in [1.165, 1.54) is 0 Å². The number of hydrogen-bond acceptors (Lipinski definition) is 4. The molecular weight excluding hydrogens is 256 g/mol. The fourth-order valence-electron chi connectivity index (χ4n) is 2.45. The van der Waals surface area contributed by atoms with Crippen molar-refractivity contribution in [2.24, 2.45) is 0 Å². The number of amides is 1. The van der Waals surface area contributed by atoms with Crippen molar-refractivity contribution < 1.29 is 14.6 Å². The molecule has 0 spiro atoms. The quantitative estimate of drug-likeness (QED) is 0.883. The molecule has 1 aliphatic heterocycles. The zero-order chi connectivity index (χ0) is 14.5. The lowest BCUT2D eigenvalue weighted by atomic mass is 10.1. The van der Waals surface area contributed by atoms with Crippen molar-refractivity contribution in [3.8, 4) is 5.75 Å². The van der Waals surface area contributed by atoms with E-state index in [9.17, 15) is 4.79 Å². The van der Waals surface area contributed by atoms with Gasteiger partial charge in [-0.2, -0.15) is 0 Å². The van der Waals surface area contributed by atoms with Crippen molar-refractivity contribution in [1.82, 2.24) is 9.80 Å². The Morgan fingerprint density at radius 1 is 1.30 bits per heavy atom. The number of hydrogen-bond donors (Lipinski definition) is 1. The highest BCUT2D eigenvalue weighted by Crippen LogP contribution is 2.20. The van der Waals surface area contributed by atoms with Gasteiger partial charge in [-0.3, -0.25) is 9.69 Å². The van der Waals surface area contributed by atoms with Gasteiger partial charge in [-0.1, -0.05) is 6.07 Å². The largest absolute Gasteiger partial charge is 0.496 e. The summed E-state index contributed by atoms with van der Waals surface area (Å²) in [4.78, 5) is 16.5. The molecule has 0 aliphatic carbocycles. The molecule has 0 aromatic heterocycles. The Morgan fingerprint density at radius 2 is 2.00 bits per heavy atom. The van der Waals surface area contributed by atoms with Gasteiger partial charge < -0.3 is 14.7 Å². The summed E-state index contributed by atoms with van der Waals surface area (Å²) in [7, 11) is 1.62. The number of aryl methyl sites for hydroxylation is 1. The molecule has 0 unspecified atom stereocenters. The maximum absolute atomic E-state index is 12.4. The van der Waals surface area contributed by atoms with E-state index in [2.05, 4.69) is 4.90 Å². The van der Waals surface area contributed by atoms with Crippen LogP contribution in [0.3, 0.4) is 0 Å².